The van der Waals surface area contributed by atoms with E-state index >= 15 is 0 Å². The molecule has 9 heteroatoms. The predicted molar refractivity (Wildman–Crippen MR) is 127 cm³/mol. The zero-order chi connectivity index (χ0) is 23.8. The number of pyridine rings is 2. The molecule has 8 nitrogen and oxygen atoms in total. The van der Waals surface area contributed by atoms with Crippen LogP contribution < -0.4 is 10.0 Å². The fraction of sp³-hybridized carbons (Fsp3) is 0.292. The summed E-state index contributed by atoms with van der Waals surface area (Å²) >= 11 is 0. The quantitative estimate of drug-likeness (QED) is 0.394. The fourth-order valence-corrected chi connectivity index (χ4v) is 4.74. The first kappa shape index (κ1) is 24.3. The summed E-state index contributed by atoms with van der Waals surface area (Å²) in [4.78, 5) is 19.3. The maximum absolute atomic E-state index is 13.0. The van der Waals surface area contributed by atoms with Gasteiger partial charge in [0.1, 0.15) is 12.4 Å². The van der Waals surface area contributed by atoms with Gasteiger partial charge in [-0.15, -0.1) is 0 Å². The number of sulfonamides is 1. The van der Waals surface area contributed by atoms with E-state index in [2.05, 4.69) is 46.0 Å². The normalized spacial score (nSPS) is 12.3. The van der Waals surface area contributed by atoms with Crippen molar-refractivity contribution in [2.45, 2.75) is 44.2 Å². The molecule has 3 rings (SSSR count). The molecule has 1 aromatic carbocycles. The first-order valence-electron chi connectivity index (χ1n) is 10.8. The molecule has 0 amide bonds. The maximum Gasteiger partial charge on any atom is 0.322 e. The molecule has 0 fully saturated rings. The predicted octanol–water partition coefficient (Wildman–Crippen LogP) is 3.36. The van der Waals surface area contributed by atoms with E-state index in [1.807, 2.05) is 6.07 Å². The molecule has 0 saturated carbocycles. The summed E-state index contributed by atoms with van der Waals surface area (Å²) in [7, 11) is -3.91. The lowest BCUT2D eigenvalue weighted by atomic mass is 9.96. The molecule has 0 aliphatic heterocycles. The Hall–Kier alpha value is -3.30. The van der Waals surface area contributed by atoms with Crippen molar-refractivity contribution in [3.05, 3.63) is 83.2 Å². The van der Waals surface area contributed by atoms with Crippen molar-refractivity contribution in [2.75, 3.05) is 11.9 Å². The first-order valence-corrected chi connectivity index (χ1v) is 12.3. The number of nitrogens with one attached hydrogen (secondary N) is 2. The Morgan fingerprint density at radius 2 is 1.82 bits per heavy atom. The fourth-order valence-electron chi connectivity index (χ4n) is 3.59. The van der Waals surface area contributed by atoms with E-state index < -0.39 is 22.0 Å². The highest BCUT2D eigenvalue weighted by molar-refractivity contribution is 7.89. The SMILES string of the molecule is CCc1ccc(CC(NS(=O)(=O)c2ccccn2)c2cccc(NCC(=O)O)n2)cc1CC. The van der Waals surface area contributed by atoms with Crippen LogP contribution in [0.2, 0.25) is 0 Å². The van der Waals surface area contributed by atoms with Gasteiger partial charge in [0.15, 0.2) is 5.03 Å². The molecule has 3 aromatic rings. The molecule has 0 saturated heterocycles. The minimum atomic E-state index is -3.91. The third kappa shape index (κ3) is 6.59. The molecule has 0 aliphatic rings. The molecule has 174 valence electrons. The van der Waals surface area contributed by atoms with Gasteiger partial charge in [-0.2, -0.15) is 0 Å². The molecule has 0 spiro atoms. The Morgan fingerprint density at radius 3 is 2.48 bits per heavy atom. The van der Waals surface area contributed by atoms with Gasteiger partial charge in [-0.05, 0) is 60.2 Å². The largest absolute Gasteiger partial charge is 0.480 e. The van der Waals surface area contributed by atoms with Crippen LogP contribution in [0.3, 0.4) is 0 Å². The number of carboxylic acid groups (broad SMARTS) is 1. The van der Waals surface area contributed by atoms with Gasteiger partial charge in [0, 0.05) is 6.20 Å². The summed E-state index contributed by atoms with van der Waals surface area (Å²) < 4.78 is 28.8. The summed E-state index contributed by atoms with van der Waals surface area (Å²) in [5.41, 5.74) is 3.95. The third-order valence-corrected chi connectivity index (χ3v) is 6.62. The van der Waals surface area contributed by atoms with Crippen LogP contribution in [0.5, 0.6) is 0 Å². The number of anilines is 1. The Bertz CT molecular complexity index is 1200. The monoisotopic (exact) mass is 468 g/mol. The van der Waals surface area contributed by atoms with E-state index in [0.29, 0.717) is 17.9 Å². The van der Waals surface area contributed by atoms with Gasteiger partial charge in [-0.1, -0.05) is 44.2 Å². The number of carboxylic acids is 1. The number of nitrogens with zero attached hydrogens (tertiary/aromatic N) is 2. The van der Waals surface area contributed by atoms with Crippen molar-refractivity contribution >= 4 is 21.8 Å². The molecule has 0 bridgehead atoms. The first-order chi connectivity index (χ1) is 15.8. The van der Waals surface area contributed by atoms with E-state index in [4.69, 9.17) is 5.11 Å². The Labute approximate surface area is 194 Å². The van der Waals surface area contributed by atoms with E-state index in [9.17, 15) is 13.2 Å². The minimum absolute atomic E-state index is 0.0780. The molecular weight excluding hydrogens is 440 g/mol. The highest BCUT2D eigenvalue weighted by Crippen LogP contribution is 2.23. The highest BCUT2D eigenvalue weighted by Gasteiger charge is 2.24. The summed E-state index contributed by atoms with van der Waals surface area (Å²) in [6.07, 6.45) is 3.61. The van der Waals surface area contributed by atoms with Crippen molar-refractivity contribution in [1.29, 1.82) is 0 Å². The number of aliphatic carboxylic acids is 1. The van der Waals surface area contributed by atoms with Gasteiger partial charge in [0.2, 0.25) is 0 Å². The molecule has 2 aromatic heterocycles. The number of aryl methyl sites for hydroxylation is 2. The van der Waals surface area contributed by atoms with Crippen LogP contribution in [-0.4, -0.2) is 36.0 Å². The molecular formula is C24H28N4O4S. The lowest BCUT2D eigenvalue weighted by molar-refractivity contribution is -0.134. The van der Waals surface area contributed by atoms with E-state index in [0.717, 1.165) is 18.4 Å². The summed E-state index contributed by atoms with van der Waals surface area (Å²) in [6, 6.07) is 15.3. The minimum Gasteiger partial charge on any atom is -0.480 e. The molecule has 3 N–H and O–H groups in total. The van der Waals surface area contributed by atoms with Crippen LogP contribution in [-0.2, 0) is 34.1 Å². The van der Waals surface area contributed by atoms with Crippen molar-refractivity contribution in [3.63, 3.8) is 0 Å². The van der Waals surface area contributed by atoms with Gasteiger partial charge in [0.05, 0.1) is 11.7 Å². The number of carbonyl (C=O) groups is 1. The van der Waals surface area contributed by atoms with Gasteiger partial charge >= 0.3 is 5.97 Å². The number of benzene rings is 1. The van der Waals surface area contributed by atoms with E-state index in [1.165, 1.54) is 23.4 Å². The lowest BCUT2D eigenvalue weighted by Crippen LogP contribution is -2.31. The summed E-state index contributed by atoms with van der Waals surface area (Å²) in [6.45, 7) is 3.91. The van der Waals surface area contributed by atoms with Crippen LogP contribution in [0.1, 0.15) is 42.3 Å². The molecule has 33 heavy (non-hydrogen) atoms. The number of rotatable bonds is 11. The number of aromatic nitrogens is 2. The maximum atomic E-state index is 13.0. The van der Waals surface area contributed by atoms with Crippen LogP contribution in [0.15, 0.2) is 65.8 Å². The molecule has 1 atom stereocenters. The molecule has 2 heterocycles. The van der Waals surface area contributed by atoms with Crippen LogP contribution in [0.25, 0.3) is 0 Å². The average molecular weight is 469 g/mol. The second-order valence-electron chi connectivity index (χ2n) is 7.55. The van der Waals surface area contributed by atoms with E-state index in [-0.39, 0.29) is 11.6 Å². The standard InChI is InChI=1S/C24H28N4O4S/c1-3-18-12-11-17(14-19(18)4-2)15-21(28-33(31,32)23-10-5-6-13-25-23)20-8-7-9-22(27-20)26-16-24(29)30/h5-14,21,28H,3-4,15-16H2,1-2H3,(H,26,27)(H,29,30). The van der Waals surface area contributed by atoms with Gasteiger partial charge in [0.25, 0.3) is 10.0 Å². The summed E-state index contributed by atoms with van der Waals surface area (Å²) in [5, 5.41) is 11.6. The van der Waals surface area contributed by atoms with Crippen molar-refractivity contribution in [3.8, 4) is 0 Å². The second kappa shape index (κ2) is 11.0. The molecule has 0 radical (unpaired) electrons. The van der Waals surface area contributed by atoms with Crippen molar-refractivity contribution in [2.24, 2.45) is 0 Å². The van der Waals surface area contributed by atoms with Crippen molar-refractivity contribution < 1.29 is 18.3 Å². The molecule has 0 aliphatic carbocycles. The van der Waals surface area contributed by atoms with Crippen LogP contribution >= 0.6 is 0 Å². The molecule has 1 unspecified atom stereocenters. The van der Waals surface area contributed by atoms with Crippen LogP contribution in [0, 0.1) is 0 Å². The van der Waals surface area contributed by atoms with Gasteiger partial charge in [-0.25, -0.2) is 23.1 Å². The zero-order valence-corrected chi connectivity index (χ0v) is 19.5. The average Bonchev–Trinajstić information content (AvgIpc) is 2.83. The number of hydrogen-bond donors (Lipinski definition) is 3. The Morgan fingerprint density at radius 1 is 1.03 bits per heavy atom. The van der Waals surface area contributed by atoms with E-state index in [1.54, 1.807) is 30.3 Å². The Balaban J connectivity index is 1.96. The zero-order valence-electron chi connectivity index (χ0n) is 18.7. The summed E-state index contributed by atoms with van der Waals surface area (Å²) in [5.74, 6) is -0.662. The van der Waals surface area contributed by atoms with Gasteiger partial charge in [-0.3, -0.25) is 4.79 Å². The van der Waals surface area contributed by atoms with Gasteiger partial charge < -0.3 is 10.4 Å². The topological polar surface area (TPSA) is 121 Å². The third-order valence-electron chi connectivity index (χ3n) is 5.23. The van der Waals surface area contributed by atoms with Crippen molar-refractivity contribution in [1.82, 2.24) is 14.7 Å². The second-order valence-corrected chi connectivity index (χ2v) is 9.21. The highest BCUT2D eigenvalue weighted by atomic mass is 32.2. The number of hydrogen-bond acceptors (Lipinski definition) is 6. The van der Waals surface area contributed by atoms with Crippen LogP contribution in [0.4, 0.5) is 5.82 Å². The smallest absolute Gasteiger partial charge is 0.322 e. The lowest BCUT2D eigenvalue weighted by Gasteiger charge is -2.20. The Kier molecular flexibility index (Phi) is 8.13.